The van der Waals surface area contributed by atoms with E-state index in [1.807, 2.05) is 6.92 Å². The molecule has 0 aromatic heterocycles. The number of piperidine rings is 2. The smallest absolute Gasteiger partial charge is 0.0724 e. The topological polar surface area (TPSA) is 35.5 Å². The average Bonchev–Trinajstić information content (AvgIpc) is 2.84. The van der Waals surface area contributed by atoms with E-state index in [0.717, 1.165) is 32.2 Å². The quantitative estimate of drug-likeness (QED) is 0.622. The first-order valence-electron chi connectivity index (χ1n) is 5.85. The number of nitrogens with one attached hydrogen (secondary N) is 1. The van der Waals surface area contributed by atoms with Gasteiger partial charge in [-0.05, 0) is 19.8 Å². The highest BCUT2D eigenvalue weighted by Gasteiger charge is 2.49. The summed E-state index contributed by atoms with van der Waals surface area (Å²) in [6, 6.07) is 0.856. The molecule has 0 amide bonds. The first kappa shape index (κ1) is 9.13. The molecule has 80 valence electrons. The van der Waals surface area contributed by atoms with Gasteiger partial charge in [0.25, 0.3) is 0 Å². The standard InChI is InChI=1S/C11H20N2O/c1-11(14)8-4-12-5-9(11)7-13(6-8)10-2-3-10/h8-10,12,14H,2-7H2,1H3. The minimum atomic E-state index is -0.420. The van der Waals surface area contributed by atoms with Crippen LogP contribution in [0.25, 0.3) is 0 Å². The van der Waals surface area contributed by atoms with Gasteiger partial charge in [-0.25, -0.2) is 0 Å². The van der Waals surface area contributed by atoms with Gasteiger partial charge in [0.1, 0.15) is 0 Å². The predicted octanol–water partition coefficient (Wildman–Crippen LogP) is 0.0510. The highest BCUT2D eigenvalue weighted by Crippen LogP contribution is 2.39. The normalized spacial score (nSPS) is 49.3. The van der Waals surface area contributed by atoms with Gasteiger partial charge in [0.05, 0.1) is 5.60 Å². The Morgan fingerprint density at radius 1 is 1.21 bits per heavy atom. The summed E-state index contributed by atoms with van der Waals surface area (Å²) in [7, 11) is 0. The van der Waals surface area contributed by atoms with Crippen molar-refractivity contribution in [1.82, 2.24) is 10.2 Å². The molecule has 2 unspecified atom stereocenters. The Bertz CT molecular complexity index is 221. The SMILES string of the molecule is CC1(O)C2CNCC1CN(C1CC1)C2. The molecule has 3 aliphatic rings. The number of hydrogen-bond donors (Lipinski definition) is 2. The Morgan fingerprint density at radius 2 is 1.79 bits per heavy atom. The lowest BCUT2D eigenvalue weighted by Gasteiger charge is -2.51. The molecular formula is C11H20N2O. The number of hydrogen-bond acceptors (Lipinski definition) is 3. The Labute approximate surface area is 85.5 Å². The predicted molar refractivity (Wildman–Crippen MR) is 55.1 cm³/mol. The van der Waals surface area contributed by atoms with Gasteiger partial charge < -0.3 is 10.4 Å². The molecule has 0 aromatic carbocycles. The third-order valence-corrected chi connectivity index (χ3v) is 4.41. The molecule has 3 fully saturated rings. The molecule has 2 saturated heterocycles. The van der Waals surface area contributed by atoms with Gasteiger partial charge in [0.2, 0.25) is 0 Å². The molecule has 3 nitrogen and oxygen atoms in total. The molecule has 2 heterocycles. The molecule has 3 heteroatoms. The van der Waals surface area contributed by atoms with Crippen molar-refractivity contribution < 1.29 is 5.11 Å². The summed E-state index contributed by atoms with van der Waals surface area (Å²) >= 11 is 0. The molecule has 1 aliphatic carbocycles. The lowest BCUT2D eigenvalue weighted by molar-refractivity contribution is -0.120. The summed E-state index contributed by atoms with van der Waals surface area (Å²) in [5.74, 6) is 0.881. The van der Waals surface area contributed by atoms with E-state index in [1.54, 1.807) is 0 Å². The van der Waals surface area contributed by atoms with Crippen molar-refractivity contribution in [3.63, 3.8) is 0 Å². The van der Waals surface area contributed by atoms with E-state index in [-0.39, 0.29) is 0 Å². The van der Waals surface area contributed by atoms with E-state index in [1.165, 1.54) is 12.8 Å². The summed E-state index contributed by atoms with van der Waals surface area (Å²) in [4.78, 5) is 2.61. The van der Waals surface area contributed by atoms with Crippen molar-refractivity contribution in [3.8, 4) is 0 Å². The summed E-state index contributed by atoms with van der Waals surface area (Å²) in [6.45, 7) is 6.22. The number of aliphatic hydroxyl groups is 1. The second kappa shape index (κ2) is 2.94. The maximum Gasteiger partial charge on any atom is 0.0724 e. The third-order valence-electron chi connectivity index (χ3n) is 4.41. The van der Waals surface area contributed by atoms with Crippen molar-refractivity contribution in [2.75, 3.05) is 26.2 Å². The van der Waals surface area contributed by atoms with Gasteiger partial charge >= 0.3 is 0 Å². The number of nitrogens with zero attached hydrogens (tertiary/aromatic N) is 1. The van der Waals surface area contributed by atoms with Crippen LogP contribution in [0.4, 0.5) is 0 Å². The summed E-state index contributed by atoms with van der Waals surface area (Å²) in [5, 5.41) is 13.8. The summed E-state index contributed by atoms with van der Waals surface area (Å²) in [5.41, 5.74) is -0.420. The van der Waals surface area contributed by atoms with Crippen molar-refractivity contribution >= 4 is 0 Å². The van der Waals surface area contributed by atoms with Crippen LogP contribution in [0, 0.1) is 11.8 Å². The molecule has 0 spiro atoms. The van der Waals surface area contributed by atoms with Gasteiger partial charge in [-0.15, -0.1) is 0 Å². The average molecular weight is 196 g/mol. The van der Waals surface area contributed by atoms with Crippen LogP contribution in [-0.2, 0) is 0 Å². The first-order valence-corrected chi connectivity index (χ1v) is 5.85. The number of fused-ring (bicyclic) bond motifs is 2. The molecule has 2 aliphatic heterocycles. The fraction of sp³-hybridized carbons (Fsp3) is 1.00. The Balaban J connectivity index is 1.78. The van der Waals surface area contributed by atoms with E-state index < -0.39 is 5.60 Å². The molecule has 14 heavy (non-hydrogen) atoms. The van der Waals surface area contributed by atoms with E-state index >= 15 is 0 Å². The largest absolute Gasteiger partial charge is 0.389 e. The maximum atomic E-state index is 10.4. The van der Waals surface area contributed by atoms with E-state index in [2.05, 4.69) is 10.2 Å². The molecule has 2 atom stereocenters. The second-order valence-electron chi connectivity index (χ2n) is 5.46. The first-order chi connectivity index (χ1) is 6.68. The molecule has 0 aromatic rings. The molecular weight excluding hydrogens is 176 g/mol. The fourth-order valence-electron chi connectivity index (χ4n) is 3.06. The van der Waals surface area contributed by atoms with Crippen molar-refractivity contribution in [1.29, 1.82) is 0 Å². The van der Waals surface area contributed by atoms with Crippen LogP contribution in [-0.4, -0.2) is 47.8 Å². The van der Waals surface area contributed by atoms with Gasteiger partial charge in [-0.3, -0.25) is 4.90 Å². The summed E-state index contributed by atoms with van der Waals surface area (Å²) in [6.07, 6.45) is 2.77. The fourth-order valence-corrected chi connectivity index (χ4v) is 3.06. The summed E-state index contributed by atoms with van der Waals surface area (Å²) < 4.78 is 0. The molecule has 2 bridgehead atoms. The monoisotopic (exact) mass is 196 g/mol. The van der Waals surface area contributed by atoms with Crippen LogP contribution < -0.4 is 5.32 Å². The van der Waals surface area contributed by atoms with Crippen molar-refractivity contribution in [2.24, 2.45) is 11.8 Å². The number of rotatable bonds is 1. The molecule has 0 radical (unpaired) electrons. The van der Waals surface area contributed by atoms with Gasteiger partial charge in [0.15, 0.2) is 0 Å². The van der Waals surface area contributed by atoms with Gasteiger partial charge in [-0.2, -0.15) is 0 Å². The number of likely N-dealkylation sites (tertiary alicyclic amines) is 1. The van der Waals surface area contributed by atoms with Gasteiger partial charge in [-0.1, -0.05) is 0 Å². The highest BCUT2D eigenvalue weighted by atomic mass is 16.3. The van der Waals surface area contributed by atoms with E-state index in [0.29, 0.717) is 11.8 Å². The Kier molecular flexibility index (Phi) is 1.92. The highest BCUT2D eigenvalue weighted by molar-refractivity contribution is 5.03. The van der Waals surface area contributed by atoms with Crippen LogP contribution in [0.5, 0.6) is 0 Å². The van der Waals surface area contributed by atoms with Crippen molar-refractivity contribution in [3.05, 3.63) is 0 Å². The van der Waals surface area contributed by atoms with Crippen LogP contribution in [0.2, 0.25) is 0 Å². The van der Waals surface area contributed by atoms with Crippen molar-refractivity contribution in [2.45, 2.75) is 31.4 Å². The lowest BCUT2D eigenvalue weighted by atomic mass is 9.72. The van der Waals surface area contributed by atoms with Crippen LogP contribution in [0.3, 0.4) is 0 Å². The zero-order valence-electron chi connectivity index (χ0n) is 8.87. The third kappa shape index (κ3) is 1.30. The van der Waals surface area contributed by atoms with Crippen LogP contribution in [0.1, 0.15) is 19.8 Å². The Morgan fingerprint density at radius 3 is 2.29 bits per heavy atom. The van der Waals surface area contributed by atoms with Crippen LogP contribution >= 0.6 is 0 Å². The van der Waals surface area contributed by atoms with Crippen LogP contribution in [0.15, 0.2) is 0 Å². The molecule has 2 N–H and O–H groups in total. The maximum absolute atomic E-state index is 10.4. The van der Waals surface area contributed by atoms with E-state index in [4.69, 9.17) is 0 Å². The minimum absolute atomic E-state index is 0.420. The Hall–Kier alpha value is -0.120. The van der Waals surface area contributed by atoms with Gasteiger partial charge in [0, 0.05) is 44.1 Å². The van der Waals surface area contributed by atoms with E-state index in [9.17, 15) is 5.11 Å². The minimum Gasteiger partial charge on any atom is -0.389 e. The zero-order chi connectivity index (χ0) is 9.76. The zero-order valence-corrected chi connectivity index (χ0v) is 8.87. The molecule has 1 saturated carbocycles. The molecule has 3 rings (SSSR count). The second-order valence-corrected chi connectivity index (χ2v) is 5.46. The lowest BCUT2D eigenvalue weighted by Crippen LogP contribution is -2.65.